The molecule has 0 bridgehead atoms. The molecule has 0 aliphatic heterocycles. The first-order valence-corrected chi connectivity index (χ1v) is 6.89. The lowest BCUT2D eigenvalue weighted by Gasteiger charge is -2.07. The van der Waals surface area contributed by atoms with Gasteiger partial charge in [0.2, 0.25) is 0 Å². The van der Waals surface area contributed by atoms with Crippen LogP contribution in [0.1, 0.15) is 31.2 Å². The van der Waals surface area contributed by atoms with Crippen LogP contribution in [0.3, 0.4) is 0 Å². The van der Waals surface area contributed by atoms with Crippen LogP contribution in [0, 0.1) is 0 Å². The molecule has 1 atom stereocenters. The lowest BCUT2D eigenvalue weighted by molar-refractivity contribution is -0.109. The standard InChI is InChI=1S/C15H24N2O2/c16-10-1-2-11-19-15-8-6-13(7-9-15)4-3-5-14(17)12-18/h6-9,12,14H,1-5,10-11,16-17H2. The fraction of sp³-hybridized carbons (Fsp3) is 0.533. The Kier molecular flexibility index (Phi) is 7.86. The Labute approximate surface area is 115 Å². The Hall–Kier alpha value is -1.39. The molecule has 0 amide bonds. The summed E-state index contributed by atoms with van der Waals surface area (Å²) in [5.74, 6) is 0.894. The van der Waals surface area contributed by atoms with Crippen LogP contribution in [0.15, 0.2) is 24.3 Å². The average molecular weight is 264 g/mol. The molecule has 4 N–H and O–H groups in total. The third kappa shape index (κ3) is 6.94. The van der Waals surface area contributed by atoms with Crippen molar-refractivity contribution in [3.05, 3.63) is 29.8 Å². The van der Waals surface area contributed by atoms with Crippen molar-refractivity contribution in [2.24, 2.45) is 11.5 Å². The van der Waals surface area contributed by atoms with Crippen molar-refractivity contribution >= 4 is 6.29 Å². The van der Waals surface area contributed by atoms with Crippen molar-refractivity contribution in [2.75, 3.05) is 13.2 Å². The second kappa shape index (κ2) is 9.53. The summed E-state index contributed by atoms with van der Waals surface area (Å²) in [5, 5.41) is 0. The van der Waals surface area contributed by atoms with Crippen LogP contribution in [0.2, 0.25) is 0 Å². The van der Waals surface area contributed by atoms with E-state index in [0.717, 1.165) is 44.1 Å². The van der Waals surface area contributed by atoms with Crippen LogP contribution in [-0.4, -0.2) is 25.5 Å². The first-order chi connectivity index (χ1) is 9.26. The molecule has 1 rings (SSSR count). The second-order valence-corrected chi connectivity index (χ2v) is 4.68. The van der Waals surface area contributed by atoms with E-state index in [2.05, 4.69) is 12.1 Å². The summed E-state index contributed by atoms with van der Waals surface area (Å²) < 4.78 is 5.60. The van der Waals surface area contributed by atoms with Crippen LogP contribution >= 0.6 is 0 Å². The van der Waals surface area contributed by atoms with Gasteiger partial charge in [-0.25, -0.2) is 0 Å². The second-order valence-electron chi connectivity index (χ2n) is 4.68. The van der Waals surface area contributed by atoms with Crippen LogP contribution in [-0.2, 0) is 11.2 Å². The molecular weight excluding hydrogens is 240 g/mol. The third-order valence-electron chi connectivity index (χ3n) is 2.97. The maximum atomic E-state index is 10.4. The smallest absolute Gasteiger partial charge is 0.136 e. The van der Waals surface area contributed by atoms with Gasteiger partial charge in [0.05, 0.1) is 12.6 Å². The summed E-state index contributed by atoms with van der Waals surface area (Å²) >= 11 is 0. The highest BCUT2D eigenvalue weighted by atomic mass is 16.5. The number of rotatable bonds is 10. The molecule has 1 aromatic rings. The third-order valence-corrected chi connectivity index (χ3v) is 2.97. The molecule has 0 spiro atoms. The van der Waals surface area contributed by atoms with Crippen LogP contribution in [0.5, 0.6) is 5.75 Å². The van der Waals surface area contributed by atoms with Crippen LogP contribution in [0.4, 0.5) is 0 Å². The van der Waals surface area contributed by atoms with Gasteiger partial charge in [0.25, 0.3) is 0 Å². The largest absolute Gasteiger partial charge is 0.494 e. The highest BCUT2D eigenvalue weighted by molar-refractivity contribution is 5.56. The number of unbranched alkanes of at least 4 members (excludes halogenated alkanes) is 1. The van der Waals surface area contributed by atoms with Crippen LogP contribution < -0.4 is 16.2 Å². The molecule has 1 aromatic carbocycles. The maximum Gasteiger partial charge on any atom is 0.136 e. The minimum absolute atomic E-state index is 0.329. The van der Waals surface area contributed by atoms with E-state index in [1.165, 1.54) is 5.56 Å². The van der Waals surface area contributed by atoms with E-state index in [-0.39, 0.29) is 6.04 Å². The number of hydrogen-bond acceptors (Lipinski definition) is 4. The Morgan fingerprint density at radius 2 is 1.89 bits per heavy atom. The van der Waals surface area contributed by atoms with Gasteiger partial charge in [-0.15, -0.1) is 0 Å². The molecule has 1 unspecified atom stereocenters. The van der Waals surface area contributed by atoms with Gasteiger partial charge in [0, 0.05) is 0 Å². The Balaban J connectivity index is 2.25. The molecule has 0 saturated heterocycles. The summed E-state index contributed by atoms with van der Waals surface area (Å²) in [6, 6.07) is 7.76. The zero-order valence-electron chi connectivity index (χ0n) is 11.4. The van der Waals surface area contributed by atoms with Gasteiger partial charge in [-0.2, -0.15) is 0 Å². The fourth-order valence-electron chi connectivity index (χ4n) is 1.80. The first-order valence-electron chi connectivity index (χ1n) is 6.89. The lowest BCUT2D eigenvalue weighted by atomic mass is 10.1. The lowest BCUT2D eigenvalue weighted by Crippen LogP contribution is -2.21. The van der Waals surface area contributed by atoms with Crippen LogP contribution in [0.25, 0.3) is 0 Å². The Morgan fingerprint density at radius 1 is 1.16 bits per heavy atom. The average Bonchev–Trinajstić information content (AvgIpc) is 2.45. The highest BCUT2D eigenvalue weighted by Gasteiger charge is 2.01. The molecule has 4 nitrogen and oxygen atoms in total. The molecule has 0 aliphatic carbocycles. The topological polar surface area (TPSA) is 78.3 Å². The van der Waals surface area contributed by atoms with Gasteiger partial charge in [-0.1, -0.05) is 12.1 Å². The highest BCUT2D eigenvalue weighted by Crippen LogP contribution is 2.14. The molecule has 0 heterocycles. The number of ether oxygens (including phenoxy) is 1. The summed E-state index contributed by atoms with van der Waals surface area (Å²) in [4.78, 5) is 10.4. The van der Waals surface area contributed by atoms with Crippen molar-refractivity contribution in [3.63, 3.8) is 0 Å². The van der Waals surface area contributed by atoms with E-state index in [0.29, 0.717) is 13.2 Å². The quantitative estimate of drug-likeness (QED) is 0.497. The summed E-state index contributed by atoms with van der Waals surface area (Å²) in [5.41, 5.74) is 12.2. The zero-order valence-corrected chi connectivity index (χ0v) is 11.4. The molecular formula is C15H24N2O2. The predicted molar refractivity (Wildman–Crippen MR) is 77.2 cm³/mol. The van der Waals surface area contributed by atoms with E-state index in [1.807, 2.05) is 12.1 Å². The predicted octanol–water partition coefficient (Wildman–Crippen LogP) is 1.65. The molecule has 4 heteroatoms. The van der Waals surface area contributed by atoms with E-state index < -0.39 is 0 Å². The molecule has 0 fully saturated rings. The number of aryl methyl sites for hydroxylation is 1. The van der Waals surface area contributed by atoms with E-state index in [1.54, 1.807) is 0 Å². The van der Waals surface area contributed by atoms with Gasteiger partial charge in [0.1, 0.15) is 12.0 Å². The number of aldehydes is 1. The van der Waals surface area contributed by atoms with Gasteiger partial charge in [0.15, 0.2) is 0 Å². The number of hydrogen-bond donors (Lipinski definition) is 2. The molecule has 0 aromatic heterocycles. The first kappa shape index (κ1) is 15.7. The van der Waals surface area contributed by atoms with Gasteiger partial charge >= 0.3 is 0 Å². The van der Waals surface area contributed by atoms with E-state index in [4.69, 9.17) is 16.2 Å². The maximum absolute atomic E-state index is 10.4. The summed E-state index contributed by atoms with van der Waals surface area (Å²) in [6.07, 6.45) is 5.39. The number of nitrogens with two attached hydrogens (primary N) is 2. The van der Waals surface area contributed by atoms with Gasteiger partial charge in [-0.3, -0.25) is 0 Å². The monoisotopic (exact) mass is 264 g/mol. The normalized spacial score (nSPS) is 12.1. The number of carbonyl (C=O) groups excluding carboxylic acids is 1. The fourth-order valence-corrected chi connectivity index (χ4v) is 1.80. The number of carbonyl (C=O) groups is 1. The minimum atomic E-state index is -0.329. The Morgan fingerprint density at radius 3 is 2.53 bits per heavy atom. The van der Waals surface area contributed by atoms with Crippen molar-refractivity contribution in [1.82, 2.24) is 0 Å². The summed E-state index contributed by atoms with van der Waals surface area (Å²) in [6.45, 7) is 1.43. The SMILES string of the molecule is NCCCCOc1ccc(CCCC(N)C=O)cc1. The minimum Gasteiger partial charge on any atom is -0.494 e. The molecule has 0 radical (unpaired) electrons. The molecule has 0 saturated carbocycles. The van der Waals surface area contributed by atoms with Gasteiger partial charge < -0.3 is 21.0 Å². The van der Waals surface area contributed by atoms with Gasteiger partial charge in [-0.05, 0) is 56.3 Å². The van der Waals surface area contributed by atoms with E-state index in [9.17, 15) is 4.79 Å². The Bertz CT molecular complexity index is 352. The molecule has 106 valence electrons. The van der Waals surface area contributed by atoms with Crippen molar-refractivity contribution in [3.8, 4) is 5.75 Å². The molecule has 19 heavy (non-hydrogen) atoms. The van der Waals surface area contributed by atoms with E-state index >= 15 is 0 Å². The zero-order chi connectivity index (χ0) is 13.9. The van der Waals surface area contributed by atoms with Crippen molar-refractivity contribution in [2.45, 2.75) is 38.1 Å². The number of benzene rings is 1. The summed E-state index contributed by atoms with van der Waals surface area (Å²) in [7, 11) is 0. The van der Waals surface area contributed by atoms with Crippen molar-refractivity contribution < 1.29 is 9.53 Å². The van der Waals surface area contributed by atoms with Crippen molar-refractivity contribution in [1.29, 1.82) is 0 Å². The molecule has 0 aliphatic rings.